The Morgan fingerprint density at radius 3 is 2.89 bits per heavy atom. The van der Waals surface area contributed by atoms with Crippen LogP contribution in [0.4, 0.5) is 5.69 Å². The number of rotatable bonds is 4. The standard InChI is InChI=1S/C15H22ClNO2/c1-3-14(2)10-15(11-18,7-8-19-14)17-13-6-4-5-12(16)9-13/h4-6,9,17-18H,3,7-8,10-11H2,1-2H3. The average Bonchev–Trinajstić information content (AvgIpc) is 2.39. The first-order valence-electron chi connectivity index (χ1n) is 6.79. The van der Waals surface area contributed by atoms with Crippen LogP contribution >= 0.6 is 11.6 Å². The lowest BCUT2D eigenvalue weighted by atomic mass is 9.79. The van der Waals surface area contributed by atoms with Crippen molar-refractivity contribution in [3.63, 3.8) is 0 Å². The third kappa shape index (κ3) is 3.41. The molecule has 1 fully saturated rings. The van der Waals surface area contributed by atoms with Crippen LogP contribution < -0.4 is 5.32 Å². The van der Waals surface area contributed by atoms with Crippen molar-refractivity contribution in [1.29, 1.82) is 0 Å². The maximum absolute atomic E-state index is 9.85. The van der Waals surface area contributed by atoms with Crippen LogP contribution in [0.5, 0.6) is 0 Å². The number of anilines is 1. The molecule has 106 valence electrons. The van der Waals surface area contributed by atoms with Crippen molar-refractivity contribution in [3.8, 4) is 0 Å². The fraction of sp³-hybridized carbons (Fsp3) is 0.600. The molecular formula is C15H22ClNO2. The van der Waals surface area contributed by atoms with Crippen molar-refractivity contribution in [1.82, 2.24) is 0 Å². The minimum absolute atomic E-state index is 0.0957. The quantitative estimate of drug-likeness (QED) is 0.889. The van der Waals surface area contributed by atoms with Gasteiger partial charge in [-0.2, -0.15) is 0 Å². The second kappa shape index (κ2) is 5.70. The van der Waals surface area contributed by atoms with E-state index in [4.69, 9.17) is 16.3 Å². The van der Waals surface area contributed by atoms with Gasteiger partial charge >= 0.3 is 0 Å². The summed E-state index contributed by atoms with van der Waals surface area (Å²) in [6.45, 7) is 4.99. The number of halogens is 1. The first-order valence-corrected chi connectivity index (χ1v) is 7.17. The Hall–Kier alpha value is -0.770. The number of aliphatic hydroxyl groups is 1. The van der Waals surface area contributed by atoms with Gasteiger partial charge in [0.05, 0.1) is 17.7 Å². The lowest BCUT2D eigenvalue weighted by Crippen LogP contribution is -2.54. The van der Waals surface area contributed by atoms with E-state index in [0.29, 0.717) is 11.6 Å². The molecule has 2 unspecified atom stereocenters. The molecule has 1 aromatic carbocycles. The highest BCUT2D eigenvalue weighted by atomic mass is 35.5. The number of hydrogen-bond acceptors (Lipinski definition) is 3. The number of hydrogen-bond donors (Lipinski definition) is 2. The van der Waals surface area contributed by atoms with Crippen molar-refractivity contribution in [2.45, 2.75) is 44.2 Å². The van der Waals surface area contributed by atoms with Gasteiger partial charge in [-0.25, -0.2) is 0 Å². The van der Waals surface area contributed by atoms with E-state index in [1.165, 1.54) is 0 Å². The van der Waals surface area contributed by atoms with E-state index in [0.717, 1.165) is 24.9 Å². The molecular weight excluding hydrogens is 262 g/mol. The van der Waals surface area contributed by atoms with Gasteiger partial charge in [0, 0.05) is 23.7 Å². The molecule has 0 saturated carbocycles. The number of nitrogens with one attached hydrogen (secondary N) is 1. The van der Waals surface area contributed by atoms with E-state index in [9.17, 15) is 5.11 Å². The lowest BCUT2D eigenvalue weighted by molar-refractivity contribution is -0.0973. The molecule has 4 heteroatoms. The molecule has 1 aliphatic heterocycles. The van der Waals surface area contributed by atoms with Crippen molar-refractivity contribution in [2.75, 3.05) is 18.5 Å². The first-order chi connectivity index (χ1) is 9.01. The summed E-state index contributed by atoms with van der Waals surface area (Å²) in [7, 11) is 0. The largest absolute Gasteiger partial charge is 0.394 e. The fourth-order valence-electron chi connectivity index (χ4n) is 2.73. The van der Waals surface area contributed by atoms with Crippen LogP contribution in [0.3, 0.4) is 0 Å². The Morgan fingerprint density at radius 1 is 1.47 bits per heavy atom. The predicted octanol–water partition coefficient (Wildman–Crippen LogP) is 3.46. The average molecular weight is 284 g/mol. The molecule has 2 rings (SSSR count). The molecule has 0 radical (unpaired) electrons. The van der Waals surface area contributed by atoms with Crippen LogP contribution in [0.2, 0.25) is 5.02 Å². The topological polar surface area (TPSA) is 41.5 Å². The van der Waals surface area contributed by atoms with Crippen LogP contribution in [0.1, 0.15) is 33.1 Å². The van der Waals surface area contributed by atoms with E-state index in [1.807, 2.05) is 24.3 Å². The fourth-order valence-corrected chi connectivity index (χ4v) is 2.92. The van der Waals surface area contributed by atoms with Gasteiger partial charge in [0.15, 0.2) is 0 Å². The Labute approximate surface area is 119 Å². The van der Waals surface area contributed by atoms with E-state index in [-0.39, 0.29) is 17.7 Å². The summed E-state index contributed by atoms with van der Waals surface area (Å²) in [5, 5.41) is 14.0. The molecule has 0 amide bonds. The molecule has 1 aromatic rings. The molecule has 2 atom stereocenters. The highest BCUT2D eigenvalue weighted by Gasteiger charge is 2.42. The Balaban J connectivity index is 2.18. The van der Waals surface area contributed by atoms with Crippen LogP contribution in [0.25, 0.3) is 0 Å². The highest BCUT2D eigenvalue weighted by molar-refractivity contribution is 6.30. The molecule has 1 saturated heterocycles. The maximum atomic E-state index is 9.85. The summed E-state index contributed by atoms with van der Waals surface area (Å²) in [4.78, 5) is 0. The van der Waals surface area contributed by atoms with E-state index in [1.54, 1.807) is 0 Å². The van der Waals surface area contributed by atoms with Gasteiger partial charge in [0.2, 0.25) is 0 Å². The number of ether oxygens (including phenoxy) is 1. The molecule has 0 spiro atoms. The van der Waals surface area contributed by atoms with E-state index in [2.05, 4.69) is 19.2 Å². The number of benzene rings is 1. The van der Waals surface area contributed by atoms with Crippen molar-refractivity contribution in [3.05, 3.63) is 29.3 Å². The summed E-state index contributed by atoms with van der Waals surface area (Å²) >= 11 is 6.01. The second-order valence-electron chi connectivity index (χ2n) is 5.65. The number of aliphatic hydroxyl groups excluding tert-OH is 1. The van der Waals surface area contributed by atoms with Gasteiger partial charge in [-0.05, 0) is 38.0 Å². The van der Waals surface area contributed by atoms with Crippen LogP contribution in [-0.2, 0) is 4.74 Å². The van der Waals surface area contributed by atoms with Gasteiger partial charge in [0.25, 0.3) is 0 Å². The molecule has 1 heterocycles. The molecule has 2 N–H and O–H groups in total. The molecule has 0 aromatic heterocycles. The normalized spacial score (nSPS) is 31.2. The smallest absolute Gasteiger partial charge is 0.0675 e. The third-order valence-corrected chi connectivity index (χ3v) is 4.26. The lowest BCUT2D eigenvalue weighted by Gasteiger charge is -2.46. The molecule has 1 aliphatic rings. The predicted molar refractivity (Wildman–Crippen MR) is 78.8 cm³/mol. The van der Waals surface area contributed by atoms with Gasteiger partial charge in [0.1, 0.15) is 0 Å². The van der Waals surface area contributed by atoms with Crippen molar-refractivity contribution >= 4 is 17.3 Å². The second-order valence-corrected chi connectivity index (χ2v) is 6.09. The monoisotopic (exact) mass is 283 g/mol. The van der Waals surface area contributed by atoms with Crippen LogP contribution in [0, 0.1) is 0 Å². The SMILES string of the molecule is CCC1(C)CC(CO)(Nc2cccc(Cl)c2)CCO1. The zero-order chi connectivity index (χ0) is 13.9. The molecule has 19 heavy (non-hydrogen) atoms. The minimum atomic E-state index is -0.326. The maximum Gasteiger partial charge on any atom is 0.0675 e. The van der Waals surface area contributed by atoms with Gasteiger partial charge in [-0.3, -0.25) is 0 Å². The Kier molecular flexibility index (Phi) is 4.39. The van der Waals surface area contributed by atoms with E-state index >= 15 is 0 Å². The zero-order valence-electron chi connectivity index (χ0n) is 11.6. The molecule has 0 aliphatic carbocycles. The van der Waals surface area contributed by atoms with Crippen molar-refractivity contribution in [2.24, 2.45) is 0 Å². The summed E-state index contributed by atoms with van der Waals surface area (Å²) in [5.74, 6) is 0. The summed E-state index contributed by atoms with van der Waals surface area (Å²) < 4.78 is 5.86. The molecule has 0 bridgehead atoms. The minimum Gasteiger partial charge on any atom is -0.394 e. The highest BCUT2D eigenvalue weighted by Crippen LogP contribution is 2.36. The van der Waals surface area contributed by atoms with Crippen LogP contribution in [-0.4, -0.2) is 29.5 Å². The van der Waals surface area contributed by atoms with E-state index < -0.39 is 0 Å². The van der Waals surface area contributed by atoms with Gasteiger partial charge in [-0.15, -0.1) is 0 Å². The third-order valence-electron chi connectivity index (χ3n) is 4.03. The summed E-state index contributed by atoms with van der Waals surface area (Å²) in [6.07, 6.45) is 2.52. The van der Waals surface area contributed by atoms with Gasteiger partial charge in [-0.1, -0.05) is 24.6 Å². The van der Waals surface area contributed by atoms with Crippen molar-refractivity contribution < 1.29 is 9.84 Å². The molecule has 3 nitrogen and oxygen atoms in total. The summed E-state index contributed by atoms with van der Waals surface area (Å²) in [5.41, 5.74) is 0.446. The zero-order valence-corrected chi connectivity index (χ0v) is 12.3. The van der Waals surface area contributed by atoms with Crippen LogP contribution in [0.15, 0.2) is 24.3 Å². The van der Waals surface area contributed by atoms with Gasteiger partial charge < -0.3 is 15.2 Å². The Morgan fingerprint density at radius 2 is 2.26 bits per heavy atom. The first kappa shape index (κ1) is 14.6. The Bertz CT molecular complexity index is 440. The summed E-state index contributed by atoms with van der Waals surface area (Å²) in [6, 6.07) is 7.62.